The molecule has 8 heteroatoms. The molecule has 0 aliphatic carbocycles. The van der Waals surface area contributed by atoms with Crippen LogP contribution in [0.4, 0.5) is 5.69 Å². The molecular formula is C19H24N2O4S2. The molecule has 146 valence electrons. The van der Waals surface area contributed by atoms with Crippen molar-refractivity contribution in [3.8, 4) is 5.75 Å². The van der Waals surface area contributed by atoms with Gasteiger partial charge in [0.1, 0.15) is 9.96 Å². The van der Waals surface area contributed by atoms with Gasteiger partial charge in [-0.1, -0.05) is 6.07 Å². The average Bonchev–Trinajstić information content (AvgIpc) is 3.09. The minimum Gasteiger partial charge on any atom is -0.495 e. The van der Waals surface area contributed by atoms with Gasteiger partial charge in [-0.15, -0.1) is 11.3 Å². The fourth-order valence-electron chi connectivity index (χ4n) is 3.21. The zero-order valence-corrected chi connectivity index (χ0v) is 17.3. The summed E-state index contributed by atoms with van der Waals surface area (Å²) in [5.41, 5.74) is 1.61. The molecule has 27 heavy (non-hydrogen) atoms. The third kappa shape index (κ3) is 4.34. The van der Waals surface area contributed by atoms with Crippen molar-refractivity contribution in [3.05, 3.63) is 40.8 Å². The van der Waals surface area contributed by atoms with Crippen molar-refractivity contribution in [2.24, 2.45) is 5.92 Å². The summed E-state index contributed by atoms with van der Waals surface area (Å²) in [4.78, 5) is 13.7. The van der Waals surface area contributed by atoms with Crippen molar-refractivity contribution in [3.63, 3.8) is 0 Å². The highest BCUT2D eigenvalue weighted by Crippen LogP contribution is 2.30. The molecule has 1 N–H and O–H groups in total. The van der Waals surface area contributed by atoms with Crippen LogP contribution in [0.5, 0.6) is 5.75 Å². The van der Waals surface area contributed by atoms with E-state index in [9.17, 15) is 13.2 Å². The largest absolute Gasteiger partial charge is 0.495 e. The SMILES string of the molecule is COc1ccc(C)cc1NC(=O)C1CCCN(S(=O)(=O)c2ccc(C)s2)C1. The summed E-state index contributed by atoms with van der Waals surface area (Å²) in [7, 11) is -2.00. The molecule has 0 spiro atoms. The minimum atomic E-state index is -3.55. The van der Waals surface area contributed by atoms with E-state index in [0.717, 1.165) is 10.4 Å². The number of sulfonamides is 1. The van der Waals surface area contributed by atoms with E-state index in [2.05, 4.69) is 5.32 Å². The van der Waals surface area contributed by atoms with E-state index < -0.39 is 10.0 Å². The molecule has 1 fully saturated rings. The lowest BCUT2D eigenvalue weighted by atomic mass is 9.98. The van der Waals surface area contributed by atoms with Crippen molar-refractivity contribution < 1.29 is 17.9 Å². The van der Waals surface area contributed by atoms with Crippen molar-refractivity contribution in [1.29, 1.82) is 0 Å². The maximum atomic E-state index is 12.9. The van der Waals surface area contributed by atoms with Gasteiger partial charge in [0, 0.05) is 18.0 Å². The first-order valence-electron chi connectivity index (χ1n) is 8.83. The van der Waals surface area contributed by atoms with E-state index in [4.69, 9.17) is 4.74 Å². The number of carbonyl (C=O) groups is 1. The van der Waals surface area contributed by atoms with Crippen molar-refractivity contribution >= 4 is 33.0 Å². The molecule has 0 radical (unpaired) electrons. The zero-order chi connectivity index (χ0) is 19.6. The van der Waals surface area contributed by atoms with Crippen molar-refractivity contribution in [2.75, 3.05) is 25.5 Å². The summed E-state index contributed by atoms with van der Waals surface area (Å²) >= 11 is 1.26. The van der Waals surface area contributed by atoms with Crippen LogP contribution < -0.4 is 10.1 Å². The summed E-state index contributed by atoms with van der Waals surface area (Å²) in [5.74, 6) is 0.0178. The van der Waals surface area contributed by atoms with Crippen LogP contribution in [0.1, 0.15) is 23.3 Å². The van der Waals surface area contributed by atoms with Crippen LogP contribution in [-0.4, -0.2) is 38.8 Å². The fraction of sp³-hybridized carbons (Fsp3) is 0.421. The number of ether oxygens (including phenoxy) is 1. The Balaban J connectivity index is 1.74. The summed E-state index contributed by atoms with van der Waals surface area (Å²) in [6.07, 6.45) is 1.32. The summed E-state index contributed by atoms with van der Waals surface area (Å²) in [6, 6.07) is 9.00. The first-order valence-corrected chi connectivity index (χ1v) is 11.1. The van der Waals surface area contributed by atoms with Crippen LogP contribution in [-0.2, 0) is 14.8 Å². The van der Waals surface area contributed by atoms with Crippen LogP contribution in [0.2, 0.25) is 0 Å². The number of benzene rings is 1. The smallest absolute Gasteiger partial charge is 0.252 e. The van der Waals surface area contributed by atoms with Crippen LogP contribution in [0.3, 0.4) is 0 Å². The van der Waals surface area contributed by atoms with Crippen molar-refractivity contribution in [2.45, 2.75) is 30.9 Å². The Labute approximate surface area is 164 Å². The standard InChI is InChI=1S/C19H24N2O4S2/c1-13-6-8-17(25-3)16(11-13)20-19(22)15-5-4-10-21(12-15)27(23,24)18-9-7-14(2)26-18/h6-9,11,15H,4-5,10,12H2,1-3H3,(H,20,22). The van der Waals surface area contributed by atoms with Gasteiger partial charge >= 0.3 is 0 Å². The van der Waals surface area contributed by atoms with Gasteiger partial charge in [-0.2, -0.15) is 4.31 Å². The average molecular weight is 409 g/mol. The minimum absolute atomic E-state index is 0.179. The Bertz CT molecular complexity index is 937. The van der Waals surface area contributed by atoms with Crippen LogP contribution >= 0.6 is 11.3 Å². The number of piperidine rings is 1. The first-order chi connectivity index (χ1) is 12.8. The van der Waals surface area contributed by atoms with Gasteiger partial charge in [-0.25, -0.2) is 8.42 Å². The second kappa shape index (κ2) is 8.00. The second-order valence-corrected chi connectivity index (χ2v) is 10.2. The number of hydrogen-bond acceptors (Lipinski definition) is 5. The number of methoxy groups -OCH3 is 1. The topological polar surface area (TPSA) is 75.7 Å². The van der Waals surface area contributed by atoms with Crippen molar-refractivity contribution in [1.82, 2.24) is 4.31 Å². The summed E-state index contributed by atoms with van der Waals surface area (Å²) < 4.78 is 32.8. The molecule has 1 unspecified atom stereocenters. The van der Waals surface area contributed by atoms with E-state index in [1.807, 2.05) is 32.0 Å². The number of thiophene rings is 1. The predicted molar refractivity (Wildman–Crippen MR) is 107 cm³/mol. The second-order valence-electron chi connectivity index (χ2n) is 6.76. The van der Waals surface area contributed by atoms with Gasteiger partial charge in [-0.3, -0.25) is 4.79 Å². The van der Waals surface area contributed by atoms with Gasteiger partial charge < -0.3 is 10.1 Å². The molecule has 1 aromatic heterocycles. The molecule has 6 nitrogen and oxygen atoms in total. The lowest BCUT2D eigenvalue weighted by Crippen LogP contribution is -2.43. The molecule has 1 saturated heterocycles. The number of anilines is 1. The van der Waals surface area contributed by atoms with Gasteiger partial charge in [0.05, 0.1) is 18.7 Å². The molecule has 2 heterocycles. The highest BCUT2D eigenvalue weighted by Gasteiger charge is 2.34. The molecule has 1 aliphatic heterocycles. The molecule has 1 amide bonds. The Morgan fingerprint density at radius 1 is 1.26 bits per heavy atom. The number of hydrogen-bond donors (Lipinski definition) is 1. The van der Waals surface area contributed by atoms with Gasteiger partial charge in [-0.05, 0) is 56.5 Å². The Kier molecular flexibility index (Phi) is 5.88. The molecule has 1 aromatic carbocycles. The monoisotopic (exact) mass is 408 g/mol. The van der Waals surface area contributed by atoms with E-state index in [1.165, 1.54) is 15.6 Å². The van der Waals surface area contributed by atoms with Crippen LogP contribution in [0.25, 0.3) is 0 Å². The Morgan fingerprint density at radius 3 is 2.70 bits per heavy atom. The summed E-state index contributed by atoms with van der Waals surface area (Å²) in [5, 5.41) is 2.91. The number of nitrogens with one attached hydrogen (secondary N) is 1. The number of carbonyl (C=O) groups excluding carboxylic acids is 1. The van der Waals surface area contributed by atoms with E-state index in [0.29, 0.717) is 35.0 Å². The third-order valence-electron chi connectivity index (χ3n) is 4.68. The molecule has 2 aromatic rings. The van der Waals surface area contributed by atoms with E-state index in [1.54, 1.807) is 19.2 Å². The molecule has 1 atom stereocenters. The Morgan fingerprint density at radius 2 is 2.04 bits per heavy atom. The maximum Gasteiger partial charge on any atom is 0.252 e. The lowest BCUT2D eigenvalue weighted by molar-refractivity contribution is -0.120. The molecule has 0 bridgehead atoms. The molecular weight excluding hydrogens is 384 g/mol. The molecule has 0 saturated carbocycles. The number of aryl methyl sites for hydroxylation is 2. The van der Waals surface area contributed by atoms with Gasteiger partial charge in [0.2, 0.25) is 5.91 Å². The molecule has 1 aliphatic rings. The van der Waals surface area contributed by atoms with Crippen LogP contribution in [0, 0.1) is 19.8 Å². The predicted octanol–water partition coefficient (Wildman–Crippen LogP) is 3.41. The number of rotatable bonds is 5. The fourth-order valence-corrected chi connectivity index (χ4v) is 6.17. The third-order valence-corrected chi connectivity index (χ3v) is 8.01. The highest BCUT2D eigenvalue weighted by atomic mass is 32.2. The quantitative estimate of drug-likeness (QED) is 0.823. The number of nitrogens with zero attached hydrogens (tertiary/aromatic N) is 1. The normalized spacial score (nSPS) is 18.3. The van der Waals surface area contributed by atoms with Crippen LogP contribution in [0.15, 0.2) is 34.5 Å². The lowest BCUT2D eigenvalue weighted by Gasteiger charge is -2.31. The highest BCUT2D eigenvalue weighted by molar-refractivity contribution is 7.91. The zero-order valence-electron chi connectivity index (χ0n) is 15.7. The van der Waals surface area contributed by atoms with Gasteiger partial charge in [0.15, 0.2) is 0 Å². The van der Waals surface area contributed by atoms with E-state index in [-0.39, 0.29) is 18.4 Å². The Hall–Kier alpha value is -1.90. The first kappa shape index (κ1) is 19.9. The number of amides is 1. The summed E-state index contributed by atoms with van der Waals surface area (Å²) in [6.45, 7) is 4.45. The molecule has 3 rings (SSSR count). The van der Waals surface area contributed by atoms with E-state index >= 15 is 0 Å². The maximum absolute atomic E-state index is 12.9. The van der Waals surface area contributed by atoms with Gasteiger partial charge in [0.25, 0.3) is 10.0 Å².